The van der Waals surface area contributed by atoms with E-state index in [1.807, 2.05) is 4.90 Å². The average Bonchev–Trinajstić information content (AvgIpc) is 2.81. The summed E-state index contributed by atoms with van der Waals surface area (Å²) in [6, 6.07) is 8.33. The molecule has 8 heteroatoms. The lowest BCUT2D eigenvalue weighted by Gasteiger charge is -2.53. The minimum absolute atomic E-state index is 0.160. The van der Waals surface area contributed by atoms with Gasteiger partial charge in [-0.25, -0.2) is 14.7 Å². The Morgan fingerprint density at radius 3 is 2.69 bits per heavy atom. The van der Waals surface area contributed by atoms with E-state index in [-0.39, 0.29) is 11.9 Å². The molecule has 1 aromatic carbocycles. The van der Waals surface area contributed by atoms with Crippen molar-refractivity contribution in [3.63, 3.8) is 0 Å². The van der Waals surface area contributed by atoms with Crippen LogP contribution in [0.25, 0.3) is 0 Å². The number of pyridine rings is 1. The second kappa shape index (κ2) is 6.71. The molecule has 2 fully saturated rings. The van der Waals surface area contributed by atoms with Crippen molar-refractivity contribution in [2.24, 2.45) is 5.41 Å². The zero-order valence-electron chi connectivity index (χ0n) is 16.2. The number of fused-ring (bicyclic) bond motifs is 2. The van der Waals surface area contributed by atoms with Crippen LogP contribution in [0.2, 0.25) is 5.02 Å². The van der Waals surface area contributed by atoms with E-state index in [0.717, 1.165) is 25.9 Å². The van der Waals surface area contributed by atoms with Crippen molar-refractivity contribution in [3.8, 4) is 0 Å². The van der Waals surface area contributed by atoms with Gasteiger partial charge in [-0.2, -0.15) is 0 Å². The smallest absolute Gasteiger partial charge is 0.324 e. The normalized spacial score (nSPS) is 20.4. The third kappa shape index (κ3) is 3.05. The standard InChI is InChI=1S/C21H22ClN5O2/c1-25-12-21(13-25)6-9-26(10-7-21)20(29)27-17-5-4-14(22)11-15(17)19(28)24-16-3-2-8-23-18(16)27/h2-5,8,11H,6-7,9-10,12-13H2,1H3,(H,24,28). The molecule has 1 N–H and O–H groups in total. The fourth-order valence-corrected chi connectivity index (χ4v) is 4.96. The monoisotopic (exact) mass is 411 g/mol. The van der Waals surface area contributed by atoms with E-state index < -0.39 is 0 Å². The third-order valence-electron chi connectivity index (χ3n) is 6.19. The first-order valence-electron chi connectivity index (χ1n) is 9.79. The van der Waals surface area contributed by atoms with Crippen LogP contribution in [0.3, 0.4) is 0 Å². The number of hydrogen-bond donors (Lipinski definition) is 1. The summed E-state index contributed by atoms with van der Waals surface area (Å²) in [7, 11) is 2.13. The van der Waals surface area contributed by atoms with E-state index in [4.69, 9.17) is 11.6 Å². The van der Waals surface area contributed by atoms with Crippen LogP contribution in [0.4, 0.5) is 22.0 Å². The van der Waals surface area contributed by atoms with Gasteiger partial charge in [0.25, 0.3) is 5.91 Å². The second-order valence-corrected chi connectivity index (χ2v) is 8.70. The van der Waals surface area contributed by atoms with Crippen LogP contribution >= 0.6 is 11.6 Å². The zero-order chi connectivity index (χ0) is 20.2. The second-order valence-electron chi connectivity index (χ2n) is 8.27. The summed E-state index contributed by atoms with van der Waals surface area (Å²) in [6.45, 7) is 3.61. The molecule has 0 aliphatic carbocycles. The number of halogens is 1. The highest BCUT2D eigenvalue weighted by Gasteiger charge is 2.45. The molecule has 0 saturated carbocycles. The number of piperidine rings is 1. The van der Waals surface area contributed by atoms with E-state index in [9.17, 15) is 9.59 Å². The minimum Gasteiger partial charge on any atom is -0.324 e. The molecule has 0 atom stereocenters. The summed E-state index contributed by atoms with van der Waals surface area (Å²) in [4.78, 5) is 36.6. The predicted molar refractivity (Wildman–Crippen MR) is 112 cm³/mol. The molecular weight excluding hydrogens is 390 g/mol. The summed E-state index contributed by atoms with van der Waals surface area (Å²) in [5.74, 6) is 0.123. The number of benzene rings is 1. The summed E-state index contributed by atoms with van der Waals surface area (Å²) in [5.41, 5.74) is 1.71. The van der Waals surface area contributed by atoms with Gasteiger partial charge in [-0.3, -0.25) is 4.79 Å². The number of hydrogen-bond acceptors (Lipinski definition) is 4. The van der Waals surface area contributed by atoms with Crippen LogP contribution in [-0.2, 0) is 0 Å². The highest BCUT2D eigenvalue weighted by atomic mass is 35.5. The van der Waals surface area contributed by atoms with Gasteiger partial charge in [0.05, 0.1) is 16.9 Å². The van der Waals surface area contributed by atoms with E-state index >= 15 is 0 Å². The van der Waals surface area contributed by atoms with Crippen molar-refractivity contribution < 1.29 is 9.59 Å². The van der Waals surface area contributed by atoms with Gasteiger partial charge in [-0.1, -0.05) is 11.6 Å². The maximum atomic E-state index is 13.6. The molecule has 2 aromatic rings. The molecule has 29 heavy (non-hydrogen) atoms. The van der Waals surface area contributed by atoms with Gasteiger partial charge in [-0.15, -0.1) is 0 Å². The Bertz CT molecular complexity index is 994. The van der Waals surface area contributed by atoms with Crippen LogP contribution in [0.1, 0.15) is 23.2 Å². The third-order valence-corrected chi connectivity index (χ3v) is 6.42. The van der Waals surface area contributed by atoms with Crippen molar-refractivity contribution in [2.75, 3.05) is 43.4 Å². The van der Waals surface area contributed by atoms with Crippen LogP contribution in [0.15, 0.2) is 36.5 Å². The SMILES string of the molecule is CN1CC2(CCN(C(=O)N3c4ccc(Cl)cc4C(=O)Nc4cccnc43)CC2)C1. The van der Waals surface area contributed by atoms with Crippen molar-refractivity contribution in [1.29, 1.82) is 0 Å². The van der Waals surface area contributed by atoms with Crippen LogP contribution in [0, 0.1) is 5.41 Å². The summed E-state index contributed by atoms with van der Waals surface area (Å²) in [6.07, 6.45) is 3.62. The Hall–Kier alpha value is -2.64. The van der Waals surface area contributed by atoms with Crippen molar-refractivity contribution in [1.82, 2.24) is 14.8 Å². The van der Waals surface area contributed by atoms with Gasteiger partial charge in [0.15, 0.2) is 5.82 Å². The Balaban J connectivity index is 1.51. The number of carbonyl (C=O) groups is 2. The Kier molecular flexibility index (Phi) is 4.26. The highest BCUT2D eigenvalue weighted by molar-refractivity contribution is 6.31. The Morgan fingerprint density at radius 1 is 1.21 bits per heavy atom. The van der Waals surface area contributed by atoms with Gasteiger partial charge in [0, 0.05) is 37.4 Å². The number of likely N-dealkylation sites (tertiary alicyclic amines) is 2. The molecule has 3 aliphatic heterocycles. The van der Waals surface area contributed by atoms with Crippen molar-refractivity contribution in [3.05, 3.63) is 47.1 Å². The summed E-state index contributed by atoms with van der Waals surface area (Å²) >= 11 is 6.13. The highest BCUT2D eigenvalue weighted by Crippen LogP contribution is 2.42. The van der Waals surface area contributed by atoms with Gasteiger partial charge >= 0.3 is 6.03 Å². The predicted octanol–water partition coefficient (Wildman–Crippen LogP) is 3.59. The lowest BCUT2D eigenvalue weighted by Crippen LogP contribution is -2.60. The zero-order valence-corrected chi connectivity index (χ0v) is 16.9. The molecule has 0 radical (unpaired) electrons. The summed E-state index contributed by atoms with van der Waals surface area (Å²) < 4.78 is 0. The molecule has 1 aromatic heterocycles. The maximum absolute atomic E-state index is 13.6. The number of amides is 3. The number of urea groups is 1. The molecule has 5 rings (SSSR count). The average molecular weight is 412 g/mol. The summed E-state index contributed by atoms with van der Waals surface area (Å²) in [5, 5.41) is 3.30. The molecule has 3 amide bonds. The van der Waals surface area contributed by atoms with E-state index in [0.29, 0.717) is 46.3 Å². The molecule has 3 aliphatic rings. The number of nitrogens with zero attached hydrogens (tertiary/aromatic N) is 4. The fourth-order valence-electron chi connectivity index (χ4n) is 4.78. The molecule has 1 spiro atoms. The van der Waals surface area contributed by atoms with Gasteiger partial charge in [-0.05, 0) is 55.6 Å². The van der Waals surface area contributed by atoms with E-state index in [2.05, 4.69) is 22.2 Å². The first-order chi connectivity index (χ1) is 14.0. The maximum Gasteiger partial charge on any atom is 0.330 e. The number of nitrogens with one attached hydrogen (secondary N) is 1. The van der Waals surface area contributed by atoms with Crippen molar-refractivity contribution in [2.45, 2.75) is 12.8 Å². The lowest BCUT2D eigenvalue weighted by atomic mass is 9.72. The van der Waals surface area contributed by atoms with Crippen LogP contribution in [-0.4, -0.2) is 59.9 Å². The number of rotatable bonds is 0. The quantitative estimate of drug-likeness (QED) is 0.719. The van der Waals surface area contributed by atoms with Crippen LogP contribution in [0.5, 0.6) is 0 Å². The molecule has 4 heterocycles. The largest absolute Gasteiger partial charge is 0.330 e. The van der Waals surface area contributed by atoms with Crippen LogP contribution < -0.4 is 10.2 Å². The molecule has 2 saturated heterocycles. The molecule has 7 nitrogen and oxygen atoms in total. The number of aromatic nitrogens is 1. The topological polar surface area (TPSA) is 68.8 Å². The minimum atomic E-state index is -0.304. The molecular formula is C21H22ClN5O2. The Morgan fingerprint density at radius 2 is 1.97 bits per heavy atom. The first-order valence-corrected chi connectivity index (χ1v) is 10.2. The van der Waals surface area contributed by atoms with Gasteiger partial charge < -0.3 is 15.1 Å². The van der Waals surface area contributed by atoms with E-state index in [1.54, 1.807) is 41.4 Å². The lowest BCUT2D eigenvalue weighted by molar-refractivity contribution is -0.0226. The molecule has 0 unspecified atom stereocenters. The van der Waals surface area contributed by atoms with Gasteiger partial charge in [0.2, 0.25) is 0 Å². The first kappa shape index (κ1) is 18.4. The van der Waals surface area contributed by atoms with Crippen molar-refractivity contribution >= 4 is 40.7 Å². The number of anilines is 3. The van der Waals surface area contributed by atoms with Gasteiger partial charge in [0.1, 0.15) is 0 Å². The number of carbonyl (C=O) groups excluding carboxylic acids is 2. The fraction of sp³-hybridized carbons (Fsp3) is 0.381. The van der Waals surface area contributed by atoms with E-state index in [1.165, 1.54) is 0 Å². The molecule has 150 valence electrons. The Labute approximate surface area is 174 Å². The molecule has 0 bridgehead atoms.